The molecule has 0 aliphatic rings. The van der Waals surface area contributed by atoms with E-state index in [-0.39, 0.29) is 5.88 Å². The first-order valence-electron chi connectivity index (χ1n) is 4.39. The van der Waals surface area contributed by atoms with Crippen molar-refractivity contribution in [1.29, 1.82) is 0 Å². The van der Waals surface area contributed by atoms with Crippen LogP contribution in [0.4, 0.5) is 0 Å². The summed E-state index contributed by atoms with van der Waals surface area (Å²) in [6.45, 7) is 7.02. The van der Waals surface area contributed by atoms with Crippen molar-refractivity contribution < 1.29 is 5.11 Å². The highest BCUT2D eigenvalue weighted by Gasteiger charge is 2.05. The minimum atomic E-state index is 0.278. The van der Waals surface area contributed by atoms with Crippen molar-refractivity contribution in [3.05, 3.63) is 11.8 Å². The summed E-state index contributed by atoms with van der Waals surface area (Å²) in [5, 5.41) is 13.6. The molecule has 0 unspecified atom stereocenters. The Morgan fingerprint density at radius 3 is 2.67 bits per heavy atom. The molecular formula is C9H16N2O. The van der Waals surface area contributed by atoms with Crippen molar-refractivity contribution in [2.24, 2.45) is 5.92 Å². The van der Waals surface area contributed by atoms with Crippen LogP contribution in [0.5, 0.6) is 5.88 Å². The van der Waals surface area contributed by atoms with Gasteiger partial charge in [0.05, 0.1) is 5.69 Å². The van der Waals surface area contributed by atoms with E-state index in [4.69, 9.17) is 0 Å². The van der Waals surface area contributed by atoms with Crippen molar-refractivity contribution in [3.63, 3.8) is 0 Å². The van der Waals surface area contributed by atoms with Gasteiger partial charge in [-0.25, -0.2) is 4.68 Å². The quantitative estimate of drug-likeness (QED) is 0.747. The van der Waals surface area contributed by atoms with Crippen LogP contribution in [0.1, 0.15) is 26.5 Å². The lowest BCUT2D eigenvalue weighted by molar-refractivity contribution is 0.371. The Labute approximate surface area is 73.0 Å². The van der Waals surface area contributed by atoms with Crippen LogP contribution in [0, 0.1) is 5.92 Å². The highest BCUT2D eigenvalue weighted by Crippen LogP contribution is 2.13. The van der Waals surface area contributed by atoms with Gasteiger partial charge in [0.2, 0.25) is 5.88 Å². The van der Waals surface area contributed by atoms with E-state index < -0.39 is 0 Å². The van der Waals surface area contributed by atoms with E-state index in [2.05, 4.69) is 18.9 Å². The molecule has 0 bridgehead atoms. The standard InChI is InChI=1S/C9H16N2O/c1-4-8-5-9(12)11(10-8)6-7(2)3/h5,7,12H,4,6H2,1-3H3. The minimum Gasteiger partial charge on any atom is -0.493 e. The van der Waals surface area contributed by atoms with Gasteiger partial charge in [-0.3, -0.25) is 0 Å². The van der Waals surface area contributed by atoms with E-state index in [1.807, 2.05) is 6.92 Å². The van der Waals surface area contributed by atoms with Crippen LogP contribution in [0.15, 0.2) is 6.07 Å². The average Bonchev–Trinajstić information content (AvgIpc) is 2.31. The Balaban J connectivity index is 2.77. The highest BCUT2D eigenvalue weighted by molar-refractivity contribution is 5.14. The summed E-state index contributed by atoms with van der Waals surface area (Å²) in [7, 11) is 0. The smallest absolute Gasteiger partial charge is 0.209 e. The summed E-state index contributed by atoms with van der Waals surface area (Å²) in [4.78, 5) is 0. The average molecular weight is 168 g/mol. The van der Waals surface area contributed by atoms with Gasteiger partial charge in [-0.05, 0) is 12.3 Å². The zero-order valence-corrected chi connectivity index (χ0v) is 7.91. The molecule has 1 aromatic heterocycles. The molecule has 12 heavy (non-hydrogen) atoms. The highest BCUT2D eigenvalue weighted by atomic mass is 16.3. The van der Waals surface area contributed by atoms with Crippen LogP contribution >= 0.6 is 0 Å². The molecule has 1 heterocycles. The van der Waals surface area contributed by atoms with E-state index in [0.29, 0.717) is 5.92 Å². The Morgan fingerprint density at radius 1 is 1.58 bits per heavy atom. The fourth-order valence-corrected chi connectivity index (χ4v) is 1.11. The number of aromatic hydroxyl groups is 1. The molecule has 0 aromatic carbocycles. The number of aromatic nitrogens is 2. The van der Waals surface area contributed by atoms with Crippen LogP contribution in [0.25, 0.3) is 0 Å². The number of rotatable bonds is 3. The number of aryl methyl sites for hydroxylation is 1. The number of nitrogens with zero attached hydrogens (tertiary/aromatic N) is 2. The monoisotopic (exact) mass is 168 g/mol. The molecule has 0 radical (unpaired) electrons. The second kappa shape index (κ2) is 3.61. The molecule has 68 valence electrons. The third-order valence-electron chi connectivity index (χ3n) is 1.71. The summed E-state index contributed by atoms with van der Waals surface area (Å²) < 4.78 is 1.66. The zero-order valence-electron chi connectivity index (χ0n) is 7.91. The van der Waals surface area contributed by atoms with Crippen LogP contribution in [0.2, 0.25) is 0 Å². The first kappa shape index (κ1) is 9.10. The molecule has 0 aliphatic heterocycles. The van der Waals surface area contributed by atoms with Crippen molar-refractivity contribution in [2.45, 2.75) is 33.7 Å². The van der Waals surface area contributed by atoms with Crippen molar-refractivity contribution >= 4 is 0 Å². The van der Waals surface area contributed by atoms with E-state index in [1.165, 1.54) is 0 Å². The lowest BCUT2D eigenvalue weighted by Crippen LogP contribution is -2.05. The van der Waals surface area contributed by atoms with Gasteiger partial charge >= 0.3 is 0 Å². The summed E-state index contributed by atoms with van der Waals surface area (Å²) in [6.07, 6.45) is 0.874. The molecule has 3 heteroatoms. The molecule has 0 atom stereocenters. The second-order valence-corrected chi connectivity index (χ2v) is 3.42. The number of hydrogen-bond donors (Lipinski definition) is 1. The van der Waals surface area contributed by atoms with Crippen molar-refractivity contribution in [1.82, 2.24) is 9.78 Å². The predicted molar refractivity (Wildman–Crippen MR) is 48.1 cm³/mol. The normalized spacial score (nSPS) is 11.0. The fourth-order valence-electron chi connectivity index (χ4n) is 1.11. The van der Waals surface area contributed by atoms with Gasteiger partial charge in [0.1, 0.15) is 0 Å². The van der Waals surface area contributed by atoms with Crippen LogP contribution in [0.3, 0.4) is 0 Å². The number of hydrogen-bond acceptors (Lipinski definition) is 2. The van der Waals surface area contributed by atoms with Gasteiger partial charge < -0.3 is 5.11 Å². The lowest BCUT2D eigenvalue weighted by atomic mass is 10.2. The second-order valence-electron chi connectivity index (χ2n) is 3.42. The van der Waals surface area contributed by atoms with Crippen LogP contribution in [-0.4, -0.2) is 14.9 Å². The maximum Gasteiger partial charge on any atom is 0.209 e. The first-order chi connectivity index (χ1) is 5.63. The van der Waals surface area contributed by atoms with E-state index in [1.54, 1.807) is 10.7 Å². The lowest BCUT2D eigenvalue weighted by Gasteiger charge is -2.04. The predicted octanol–water partition coefficient (Wildman–Crippen LogP) is 1.81. The summed E-state index contributed by atoms with van der Waals surface area (Å²) in [5.41, 5.74) is 0.952. The minimum absolute atomic E-state index is 0.278. The Morgan fingerprint density at radius 2 is 2.25 bits per heavy atom. The maximum absolute atomic E-state index is 9.41. The molecule has 3 nitrogen and oxygen atoms in total. The molecule has 0 saturated carbocycles. The molecule has 1 aromatic rings. The van der Waals surface area contributed by atoms with Gasteiger partial charge in [0.15, 0.2) is 0 Å². The largest absolute Gasteiger partial charge is 0.493 e. The summed E-state index contributed by atoms with van der Waals surface area (Å²) >= 11 is 0. The summed E-state index contributed by atoms with van der Waals surface area (Å²) in [6, 6.07) is 1.72. The zero-order chi connectivity index (χ0) is 9.14. The Bertz CT molecular complexity index is 253. The molecule has 0 saturated heterocycles. The molecular weight excluding hydrogens is 152 g/mol. The molecule has 0 spiro atoms. The molecule has 0 aliphatic carbocycles. The fraction of sp³-hybridized carbons (Fsp3) is 0.667. The van der Waals surface area contributed by atoms with Gasteiger partial charge in [0, 0.05) is 12.6 Å². The third-order valence-corrected chi connectivity index (χ3v) is 1.71. The van der Waals surface area contributed by atoms with Crippen molar-refractivity contribution in [2.75, 3.05) is 0 Å². The topological polar surface area (TPSA) is 38.0 Å². The maximum atomic E-state index is 9.41. The molecule has 1 rings (SSSR count). The van der Waals surface area contributed by atoms with Gasteiger partial charge in [0.25, 0.3) is 0 Å². The van der Waals surface area contributed by atoms with Gasteiger partial charge in [-0.15, -0.1) is 0 Å². The summed E-state index contributed by atoms with van der Waals surface area (Å²) in [5.74, 6) is 0.793. The Kier molecular flexibility index (Phi) is 2.74. The van der Waals surface area contributed by atoms with Crippen LogP contribution in [-0.2, 0) is 13.0 Å². The van der Waals surface area contributed by atoms with E-state index in [0.717, 1.165) is 18.7 Å². The first-order valence-corrected chi connectivity index (χ1v) is 4.39. The van der Waals surface area contributed by atoms with Gasteiger partial charge in [-0.2, -0.15) is 5.10 Å². The molecule has 1 N–H and O–H groups in total. The molecule has 0 amide bonds. The SMILES string of the molecule is CCc1cc(O)n(CC(C)C)n1. The molecule has 0 fully saturated rings. The van der Waals surface area contributed by atoms with Gasteiger partial charge in [-0.1, -0.05) is 20.8 Å². The van der Waals surface area contributed by atoms with Crippen molar-refractivity contribution in [3.8, 4) is 5.88 Å². The van der Waals surface area contributed by atoms with E-state index in [9.17, 15) is 5.11 Å². The van der Waals surface area contributed by atoms with E-state index >= 15 is 0 Å². The third kappa shape index (κ3) is 2.00. The Hall–Kier alpha value is -0.990. The van der Waals surface area contributed by atoms with Crippen LogP contribution < -0.4 is 0 Å².